The van der Waals surface area contributed by atoms with Crippen molar-refractivity contribution in [1.29, 1.82) is 0 Å². The summed E-state index contributed by atoms with van der Waals surface area (Å²) < 4.78 is 0. The van der Waals surface area contributed by atoms with Crippen molar-refractivity contribution in [3.05, 3.63) is 12.7 Å². The SMILES string of the molecule is C=CC.CC(C)(C)C. The summed E-state index contributed by atoms with van der Waals surface area (Å²) in [6.45, 7) is 14.0. The number of rotatable bonds is 0. The zero-order valence-corrected chi connectivity index (χ0v) is 6.78. The van der Waals surface area contributed by atoms with Gasteiger partial charge in [-0.1, -0.05) is 33.8 Å². The van der Waals surface area contributed by atoms with E-state index in [1.54, 1.807) is 6.08 Å². The third kappa shape index (κ3) is 1910. The summed E-state index contributed by atoms with van der Waals surface area (Å²) in [7, 11) is 0. The fourth-order valence-electron chi connectivity index (χ4n) is 0. The Balaban J connectivity index is 0. The highest BCUT2D eigenvalue weighted by molar-refractivity contribution is 4.51. The molecule has 0 N–H and O–H groups in total. The van der Waals surface area contributed by atoms with E-state index in [-0.39, 0.29) is 0 Å². The van der Waals surface area contributed by atoms with Gasteiger partial charge in [0.05, 0.1) is 0 Å². The molecule has 0 unspecified atom stereocenters. The molecule has 0 bridgehead atoms. The van der Waals surface area contributed by atoms with E-state index in [9.17, 15) is 0 Å². The Kier molecular flexibility index (Phi) is 6.52. The van der Waals surface area contributed by atoms with Crippen LogP contribution < -0.4 is 0 Å². The predicted molar refractivity (Wildman–Crippen MR) is 41.0 cm³/mol. The van der Waals surface area contributed by atoms with Crippen LogP contribution in [0, 0.1) is 5.41 Å². The van der Waals surface area contributed by atoms with Gasteiger partial charge in [0, 0.05) is 0 Å². The third-order valence-electron chi connectivity index (χ3n) is 0. The Hall–Kier alpha value is -0.260. The largest absolute Gasteiger partial charge is 0.103 e. The lowest BCUT2D eigenvalue weighted by Gasteiger charge is -2.05. The van der Waals surface area contributed by atoms with Crippen molar-refractivity contribution in [1.82, 2.24) is 0 Å². The van der Waals surface area contributed by atoms with E-state index >= 15 is 0 Å². The van der Waals surface area contributed by atoms with Gasteiger partial charge in [-0.05, 0) is 12.3 Å². The zero-order chi connectivity index (χ0) is 7.21. The van der Waals surface area contributed by atoms with Crippen LogP contribution in [0.15, 0.2) is 12.7 Å². The van der Waals surface area contributed by atoms with E-state index in [0.717, 1.165) is 0 Å². The van der Waals surface area contributed by atoms with Gasteiger partial charge in [-0.3, -0.25) is 0 Å². The topological polar surface area (TPSA) is 0 Å². The average molecular weight is 114 g/mol. The first-order chi connectivity index (χ1) is 3.41. The molecule has 8 heavy (non-hydrogen) atoms. The summed E-state index contributed by atoms with van der Waals surface area (Å²) in [6, 6.07) is 0. The summed E-state index contributed by atoms with van der Waals surface area (Å²) >= 11 is 0. The van der Waals surface area contributed by atoms with Crippen LogP contribution in [-0.4, -0.2) is 0 Å². The minimum Gasteiger partial charge on any atom is -0.103 e. The minimum atomic E-state index is 0.500. The van der Waals surface area contributed by atoms with Gasteiger partial charge in [-0.15, -0.1) is 6.58 Å². The van der Waals surface area contributed by atoms with Crippen molar-refractivity contribution in [2.75, 3.05) is 0 Å². The first-order valence-corrected chi connectivity index (χ1v) is 2.99. The van der Waals surface area contributed by atoms with Crippen LogP contribution in [-0.2, 0) is 0 Å². The Bertz CT molecular complexity index is 39.5. The Morgan fingerprint density at radius 3 is 1.12 bits per heavy atom. The maximum Gasteiger partial charge on any atom is -0.0411 e. The maximum atomic E-state index is 3.36. The summed E-state index contributed by atoms with van der Waals surface area (Å²) in [4.78, 5) is 0. The monoisotopic (exact) mass is 114 g/mol. The fourth-order valence-corrected chi connectivity index (χ4v) is 0. The van der Waals surface area contributed by atoms with Gasteiger partial charge in [-0.2, -0.15) is 0 Å². The number of hydrogen-bond donors (Lipinski definition) is 0. The second-order valence-electron chi connectivity index (χ2n) is 3.41. The van der Waals surface area contributed by atoms with Crippen LogP contribution >= 0.6 is 0 Å². The predicted octanol–water partition coefficient (Wildman–Crippen LogP) is 3.24. The molecule has 0 spiro atoms. The molecule has 0 aliphatic rings. The van der Waals surface area contributed by atoms with Crippen LogP contribution in [0.1, 0.15) is 34.6 Å². The van der Waals surface area contributed by atoms with Crippen molar-refractivity contribution in [2.24, 2.45) is 5.41 Å². The normalized spacial score (nSPS) is 9.12. The molecule has 0 radical (unpaired) electrons. The van der Waals surface area contributed by atoms with Crippen molar-refractivity contribution < 1.29 is 0 Å². The van der Waals surface area contributed by atoms with Gasteiger partial charge in [0.25, 0.3) is 0 Å². The lowest BCUT2D eigenvalue weighted by atomic mass is 10.0. The molecule has 0 aliphatic carbocycles. The molecule has 0 rings (SSSR count). The molecule has 0 aromatic rings. The first kappa shape index (κ1) is 10.7. The second-order valence-corrected chi connectivity index (χ2v) is 3.41. The quantitative estimate of drug-likeness (QED) is 0.424. The molecule has 0 amide bonds. The van der Waals surface area contributed by atoms with E-state index < -0.39 is 0 Å². The van der Waals surface area contributed by atoms with E-state index in [4.69, 9.17) is 0 Å². The van der Waals surface area contributed by atoms with Crippen molar-refractivity contribution in [3.63, 3.8) is 0 Å². The van der Waals surface area contributed by atoms with E-state index in [0.29, 0.717) is 5.41 Å². The van der Waals surface area contributed by atoms with Crippen LogP contribution in [0.2, 0.25) is 0 Å². The maximum absolute atomic E-state index is 3.36. The smallest absolute Gasteiger partial charge is 0.0411 e. The lowest BCUT2D eigenvalue weighted by molar-refractivity contribution is 0.469. The van der Waals surface area contributed by atoms with Crippen LogP contribution in [0.4, 0.5) is 0 Å². The van der Waals surface area contributed by atoms with Gasteiger partial charge in [0.15, 0.2) is 0 Å². The Morgan fingerprint density at radius 1 is 1.12 bits per heavy atom. The molecule has 0 aliphatic heterocycles. The molecule has 0 saturated heterocycles. The van der Waals surface area contributed by atoms with Gasteiger partial charge in [0.2, 0.25) is 0 Å². The molecule has 0 saturated carbocycles. The number of hydrogen-bond acceptors (Lipinski definition) is 0. The average Bonchev–Trinajstić information content (AvgIpc) is 1.27. The molecule has 0 atom stereocenters. The third-order valence-corrected chi connectivity index (χ3v) is 0. The standard InChI is InChI=1S/C5H12.C3H6/c1-5(2,3)4;1-3-2/h1-4H3;3H,1H2,2H3. The van der Waals surface area contributed by atoms with E-state index in [2.05, 4.69) is 34.3 Å². The molecular weight excluding hydrogens is 96.1 g/mol. The first-order valence-electron chi connectivity index (χ1n) is 2.99. The van der Waals surface area contributed by atoms with Crippen LogP contribution in [0.3, 0.4) is 0 Å². The molecule has 0 heterocycles. The highest BCUT2D eigenvalue weighted by Gasteiger charge is 1.95. The highest BCUT2D eigenvalue weighted by atomic mass is 14.0. The van der Waals surface area contributed by atoms with Crippen molar-refractivity contribution in [3.8, 4) is 0 Å². The Morgan fingerprint density at radius 2 is 1.12 bits per heavy atom. The second kappa shape index (κ2) is 4.89. The molecule has 0 nitrogen and oxygen atoms in total. The molecule has 0 aromatic heterocycles. The molecular formula is C8H18. The minimum absolute atomic E-state index is 0.500. The van der Waals surface area contributed by atoms with E-state index in [1.165, 1.54) is 0 Å². The highest BCUT2D eigenvalue weighted by Crippen LogP contribution is 2.07. The van der Waals surface area contributed by atoms with Crippen molar-refractivity contribution in [2.45, 2.75) is 34.6 Å². The van der Waals surface area contributed by atoms with Crippen LogP contribution in [0.5, 0.6) is 0 Å². The van der Waals surface area contributed by atoms with Gasteiger partial charge < -0.3 is 0 Å². The van der Waals surface area contributed by atoms with E-state index in [1.807, 2.05) is 6.92 Å². The summed E-state index contributed by atoms with van der Waals surface area (Å²) in [6.07, 6.45) is 1.75. The molecule has 0 fully saturated rings. The zero-order valence-electron chi connectivity index (χ0n) is 6.78. The molecule has 0 aromatic carbocycles. The fraction of sp³-hybridized carbons (Fsp3) is 0.750. The number of allylic oxidation sites excluding steroid dienone is 1. The Labute approximate surface area is 53.6 Å². The van der Waals surface area contributed by atoms with Crippen molar-refractivity contribution >= 4 is 0 Å². The summed E-state index contributed by atoms with van der Waals surface area (Å²) in [5.41, 5.74) is 0.500. The molecule has 50 valence electrons. The molecule has 0 heteroatoms. The summed E-state index contributed by atoms with van der Waals surface area (Å²) in [5, 5.41) is 0. The van der Waals surface area contributed by atoms with Gasteiger partial charge in [0.1, 0.15) is 0 Å². The van der Waals surface area contributed by atoms with Gasteiger partial charge in [-0.25, -0.2) is 0 Å². The lowest BCUT2D eigenvalue weighted by Crippen LogP contribution is -1.93. The summed E-state index contributed by atoms with van der Waals surface area (Å²) in [5.74, 6) is 0. The van der Waals surface area contributed by atoms with Crippen LogP contribution in [0.25, 0.3) is 0 Å². The van der Waals surface area contributed by atoms with Gasteiger partial charge >= 0.3 is 0 Å².